The van der Waals surface area contributed by atoms with E-state index in [1.165, 1.54) is 19.3 Å². The molecule has 1 fully saturated rings. The summed E-state index contributed by atoms with van der Waals surface area (Å²) in [6, 6.07) is 5.62. The van der Waals surface area contributed by atoms with E-state index in [0.717, 1.165) is 13.0 Å². The normalized spacial score (nSPS) is 19.8. The average Bonchev–Trinajstić information content (AvgIpc) is 2.43. The first-order valence-corrected chi connectivity index (χ1v) is 7.57. The van der Waals surface area contributed by atoms with Gasteiger partial charge in [-0.25, -0.2) is 0 Å². The Morgan fingerprint density at radius 2 is 2.30 bits per heavy atom. The van der Waals surface area contributed by atoms with Crippen LogP contribution in [0.3, 0.4) is 0 Å². The topological polar surface area (TPSA) is 58.4 Å². The molecule has 0 radical (unpaired) electrons. The second kappa shape index (κ2) is 6.95. The van der Waals surface area contributed by atoms with E-state index in [-0.39, 0.29) is 5.91 Å². The first kappa shape index (κ1) is 15.1. The van der Waals surface area contributed by atoms with Crippen LogP contribution in [0.2, 0.25) is 5.02 Å². The van der Waals surface area contributed by atoms with Crippen LogP contribution in [0.1, 0.15) is 32.6 Å². The highest BCUT2D eigenvalue weighted by molar-refractivity contribution is 6.31. The van der Waals surface area contributed by atoms with Crippen LogP contribution >= 0.6 is 11.6 Å². The zero-order valence-electron chi connectivity index (χ0n) is 11.9. The van der Waals surface area contributed by atoms with Gasteiger partial charge >= 0.3 is 0 Å². The fraction of sp³-hybridized carbons (Fsp3) is 0.533. The molecule has 110 valence electrons. The Morgan fingerprint density at radius 3 is 3.05 bits per heavy atom. The van der Waals surface area contributed by atoms with E-state index in [9.17, 15) is 4.79 Å². The van der Waals surface area contributed by atoms with E-state index in [2.05, 4.69) is 17.1 Å². The maximum Gasteiger partial charge on any atom is 0.238 e. The molecule has 1 aromatic rings. The van der Waals surface area contributed by atoms with Crippen molar-refractivity contribution in [3.63, 3.8) is 0 Å². The lowest BCUT2D eigenvalue weighted by Crippen LogP contribution is -2.43. The summed E-state index contributed by atoms with van der Waals surface area (Å²) in [5.41, 5.74) is 6.96. The number of amides is 1. The molecule has 1 saturated heterocycles. The zero-order valence-corrected chi connectivity index (χ0v) is 12.6. The maximum atomic E-state index is 12.2. The van der Waals surface area contributed by atoms with Gasteiger partial charge in [-0.05, 0) is 44.0 Å². The molecule has 1 unspecified atom stereocenters. The molecule has 20 heavy (non-hydrogen) atoms. The number of carbonyl (C=O) groups excluding carboxylic acids is 1. The van der Waals surface area contributed by atoms with Crippen molar-refractivity contribution in [2.75, 3.05) is 24.1 Å². The predicted molar refractivity (Wildman–Crippen MR) is 84.0 cm³/mol. The van der Waals surface area contributed by atoms with Crippen LogP contribution in [0.25, 0.3) is 0 Å². The molecule has 0 aromatic heterocycles. The summed E-state index contributed by atoms with van der Waals surface area (Å²) in [5.74, 6) is -0.0284. The highest BCUT2D eigenvalue weighted by Gasteiger charge is 2.22. The van der Waals surface area contributed by atoms with Gasteiger partial charge in [0.15, 0.2) is 0 Å². The summed E-state index contributed by atoms with van der Waals surface area (Å²) in [7, 11) is 0. The molecule has 1 aliphatic heterocycles. The number of hydrogen-bond acceptors (Lipinski definition) is 3. The number of nitrogen functional groups attached to an aromatic ring is 1. The predicted octanol–water partition coefficient (Wildman–Crippen LogP) is 3.13. The van der Waals surface area contributed by atoms with Gasteiger partial charge in [-0.15, -0.1) is 0 Å². The third-order valence-electron chi connectivity index (χ3n) is 3.86. The third-order valence-corrected chi connectivity index (χ3v) is 4.09. The van der Waals surface area contributed by atoms with E-state index >= 15 is 0 Å². The van der Waals surface area contributed by atoms with Gasteiger partial charge in [0.1, 0.15) is 0 Å². The molecular formula is C15H22ClN3O. The molecule has 1 atom stereocenters. The summed E-state index contributed by atoms with van der Waals surface area (Å²) in [4.78, 5) is 14.4. The number of hydrogen-bond donors (Lipinski definition) is 2. The summed E-state index contributed by atoms with van der Waals surface area (Å²) >= 11 is 5.92. The van der Waals surface area contributed by atoms with Crippen LogP contribution in [0, 0.1) is 0 Å². The molecule has 0 spiro atoms. The Kier molecular flexibility index (Phi) is 5.26. The van der Waals surface area contributed by atoms with E-state index < -0.39 is 0 Å². The number of likely N-dealkylation sites (tertiary alicyclic amines) is 1. The molecule has 4 nitrogen and oxygen atoms in total. The molecular weight excluding hydrogens is 274 g/mol. The number of carbonyl (C=O) groups is 1. The van der Waals surface area contributed by atoms with Gasteiger partial charge in [0, 0.05) is 11.1 Å². The number of rotatable bonds is 4. The lowest BCUT2D eigenvalue weighted by molar-refractivity contribution is -0.118. The van der Waals surface area contributed by atoms with Crippen molar-refractivity contribution in [3.05, 3.63) is 23.2 Å². The molecule has 1 aromatic carbocycles. The van der Waals surface area contributed by atoms with Crippen molar-refractivity contribution in [1.82, 2.24) is 4.90 Å². The monoisotopic (exact) mass is 295 g/mol. The highest BCUT2D eigenvalue weighted by Crippen LogP contribution is 2.23. The van der Waals surface area contributed by atoms with Gasteiger partial charge in [0.25, 0.3) is 0 Å². The van der Waals surface area contributed by atoms with Crippen LogP contribution in [0.4, 0.5) is 11.4 Å². The number of halogens is 1. The average molecular weight is 296 g/mol. The van der Waals surface area contributed by atoms with Crippen molar-refractivity contribution >= 4 is 28.9 Å². The number of nitrogens with two attached hydrogens (primary N) is 1. The summed E-state index contributed by atoms with van der Waals surface area (Å²) in [6.07, 6.45) is 4.70. The molecule has 0 aliphatic carbocycles. The smallest absolute Gasteiger partial charge is 0.238 e. The minimum atomic E-state index is -0.0284. The molecule has 5 heteroatoms. The second-order valence-corrected chi connectivity index (χ2v) is 5.74. The number of anilines is 2. The first-order valence-electron chi connectivity index (χ1n) is 7.19. The summed E-state index contributed by atoms with van der Waals surface area (Å²) in [6.45, 7) is 3.59. The molecule has 3 N–H and O–H groups in total. The van der Waals surface area contributed by atoms with E-state index in [4.69, 9.17) is 17.3 Å². The van der Waals surface area contributed by atoms with E-state index in [0.29, 0.717) is 29.0 Å². The quantitative estimate of drug-likeness (QED) is 0.839. The van der Waals surface area contributed by atoms with Crippen molar-refractivity contribution in [1.29, 1.82) is 0 Å². The molecule has 1 amide bonds. The van der Waals surface area contributed by atoms with Crippen LogP contribution in [0.5, 0.6) is 0 Å². The van der Waals surface area contributed by atoms with E-state index in [1.54, 1.807) is 18.2 Å². The van der Waals surface area contributed by atoms with Gasteiger partial charge < -0.3 is 11.1 Å². The zero-order chi connectivity index (χ0) is 14.5. The summed E-state index contributed by atoms with van der Waals surface area (Å²) in [5, 5.41) is 3.42. The number of nitrogens with one attached hydrogen (secondary N) is 1. The minimum absolute atomic E-state index is 0.0284. The van der Waals surface area contributed by atoms with Gasteiger partial charge in [-0.2, -0.15) is 0 Å². The number of benzene rings is 1. The van der Waals surface area contributed by atoms with Crippen LogP contribution < -0.4 is 11.1 Å². The van der Waals surface area contributed by atoms with Gasteiger partial charge in [0.05, 0.1) is 17.9 Å². The minimum Gasteiger partial charge on any atom is -0.397 e. The summed E-state index contributed by atoms with van der Waals surface area (Å²) < 4.78 is 0. The largest absolute Gasteiger partial charge is 0.397 e. The molecule has 0 bridgehead atoms. The van der Waals surface area contributed by atoms with E-state index in [1.807, 2.05) is 0 Å². The Labute approximate surface area is 125 Å². The van der Waals surface area contributed by atoms with Crippen molar-refractivity contribution in [2.45, 2.75) is 38.6 Å². The van der Waals surface area contributed by atoms with Gasteiger partial charge in [0.2, 0.25) is 5.91 Å². The Balaban J connectivity index is 1.96. The van der Waals surface area contributed by atoms with Gasteiger partial charge in [-0.1, -0.05) is 24.9 Å². The van der Waals surface area contributed by atoms with Crippen molar-refractivity contribution in [2.24, 2.45) is 0 Å². The fourth-order valence-corrected chi connectivity index (χ4v) is 2.91. The van der Waals surface area contributed by atoms with Crippen LogP contribution in [0.15, 0.2) is 18.2 Å². The number of nitrogens with zero attached hydrogens (tertiary/aromatic N) is 1. The lowest BCUT2D eigenvalue weighted by atomic mass is 10.00. The first-order chi connectivity index (χ1) is 9.60. The molecule has 1 heterocycles. The highest BCUT2D eigenvalue weighted by atomic mass is 35.5. The maximum absolute atomic E-state index is 12.2. The second-order valence-electron chi connectivity index (χ2n) is 5.31. The Bertz CT molecular complexity index is 478. The standard InChI is InChI=1S/C15H22ClN3O/c1-2-12-5-3-4-8-19(12)10-15(20)18-14-9-11(16)6-7-13(14)17/h6-7,9,12H,2-5,8,10,17H2,1H3,(H,18,20). The number of piperidine rings is 1. The molecule has 1 aliphatic rings. The molecule has 2 rings (SSSR count). The van der Waals surface area contributed by atoms with Crippen molar-refractivity contribution < 1.29 is 4.79 Å². The SMILES string of the molecule is CCC1CCCCN1CC(=O)Nc1cc(Cl)ccc1N. The van der Waals surface area contributed by atoms with Crippen molar-refractivity contribution in [3.8, 4) is 0 Å². The van der Waals surface area contributed by atoms with Crippen LogP contribution in [-0.2, 0) is 4.79 Å². The third kappa shape index (κ3) is 3.87. The lowest BCUT2D eigenvalue weighted by Gasteiger charge is -2.34. The Hall–Kier alpha value is -1.26. The fourth-order valence-electron chi connectivity index (χ4n) is 2.74. The van der Waals surface area contributed by atoms with Crippen LogP contribution in [-0.4, -0.2) is 29.9 Å². The van der Waals surface area contributed by atoms with Gasteiger partial charge in [-0.3, -0.25) is 9.69 Å². The molecule has 0 saturated carbocycles. The Morgan fingerprint density at radius 1 is 1.50 bits per heavy atom.